The summed E-state index contributed by atoms with van der Waals surface area (Å²) < 4.78 is 5.34. The third-order valence-electron chi connectivity index (χ3n) is 2.98. The first-order valence-corrected chi connectivity index (χ1v) is 5.38. The van der Waals surface area contributed by atoms with Crippen LogP contribution in [0.15, 0.2) is 47.4 Å². The van der Waals surface area contributed by atoms with Gasteiger partial charge in [0.2, 0.25) is 0 Å². The fourth-order valence-corrected chi connectivity index (χ4v) is 2.18. The first kappa shape index (κ1) is 9.90. The number of hydrogen-bond acceptors (Lipinski definition) is 2. The van der Waals surface area contributed by atoms with E-state index in [1.54, 1.807) is 19.4 Å². The fraction of sp³-hybridized carbons (Fsp3) is 0.0714. The van der Waals surface area contributed by atoms with E-state index in [1.807, 2.05) is 30.3 Å². The first-order chi connectivity index (χ1) is 8.31. The number of fused-ring (bicyclic) bond motifs is 3. The minimum absolute atomic E-state index is 0.0912. The van der Waals surface area contributed by atoms with Crippen LogP contribution in [0.5, 0.6) is 5.75 Å². The highest BCUT2D eigenvalue weighted by Gasteiger charge is 2.08. The number of methoxy groups -OCH3 is 1. The van der Waals surface area contributed by atoms with Crippen molar-refractivity contribution in [2.75, 3.05) is 7.11 Å². The molecule has 0 bridgehead atoms. The van der Waals surface area contributed by atoms with Crippen LogP contribution in [0.4, 0.5) is 0 Å². The Kier molecular flexibility index (Phi) is 2.11. The van der Waals surface area contributed by atoms with Crippen molar-refractivity contribution in [2.45, 2.75) is 0 Å². The van der Waals surface area contributed by atoms with Crippen molar-refractivity contribution in [1.29, 1.82) is 0 Å². The molecule has 3 aromatic rings. The molecule has 3 rings (SSSR count). The summed E-state index contributed by atoms with van der Waals surface area (Å²) >= 11 is 0. The van der Waals surface area contributed by atoms with Crippen molar-refractivity contribution < 1.29 is 4.74 Å². The molecule has 0 aliphatic carbocycles. The van der Waals surface area contributed by atoms with E-state index in [4.69, 9.17) is 4.74 Å². The number of pyridine rings is 1. The van der Waals surface area contributed by atoms with E-state index < -0.39 is 0 Å². The van der Waals surface area contributed by atoms with Crippen LogP contribution < -0.4 is 10.3 Å². The molecule has 0 saturated carbocycles. The van der Waals surface area contributed by atoms with Gasteiger partial charge in [0, 0.05) is 11.6 Å². The van der Waals surface area contributed by atoms with Crippen molar-refractivity contribution >= 4 is 21.5 Å². The number of aromatic nitrogens is 1. The maximum absolute atomic E-state index is 11.8. The minimum atomic E-state index is -0.0912. The van der Waals surface area contributed by atoms with Gasteiger partial charge in [-0.25, -0.2) is 0 Å². The number of rotatable bonds is 1. The molecule has 0 aliphatic rings. The molecule has 1 N–H and O–H groups in total. The van der Waals surface area contributed by atoms with E-state index in [9.17, 15) is 4.79 Å². The van der Waals surface area contributed by atoms with E-state index in [1.165, 1.54) is 0 Å². The zero-order valence-corrected chi connectivity index (χ0v) is 9.36. The molecule has 0 spiro atoms. The Morgan fingerprint density at radius 3 is 2.47 bits per heavy atom. The van der Waals surface area contributed by atoms with Crippen LogP contribution in [0.3, 0.4) is 0 Å². The summed E-state index contributed by atoms with van der Waals surface area (Å²) in [6.45, 7) is 0. The Morgan fingerprint density at radius 2 is 1.71 bits per heavy atom. The molecule has 0 aliphatic heterocycles. The van der Waals surface area contributed by atoms with Crippen LogP contribution in [0.1, 0.15) is 0 Å². The maximum atomic E-state index is 11.8. The smallest absolute Gasteiger partial charge is 0.255 e. The highest BCUT2D eigenvalue weighted by Crippen LogP contribution is 2.31. The molecule has 17 heavy (non-hydrogen) atoms. The van der Waals surface area contributed by atoms with Crippen LogP contribution >= 0.6 is 0 Å². The van der Waals surface area contributed by atoms with Gasteiger partial charge in [0.15, 0.2) is 0 Å². The molecule has 0 atom stereocenters. The number of hydrogen-bond donors (Lipinski definition) is 1. The van der Waals surface area contributed by atoms with E-state index in [0.717, 1.165) is 21.9 Å². The lowest BCUT2D eigenvalue weighted by molar-refractivity contribution is 0.420. The van der Waals surface area contributed by atoms with E-state index in [-0.39, 0.29) is 5.56 Å². The molecule has 0 fully saturated rings. The SMILES string of the molecule is COc1cc2c(=O)[nH]ccc2c2ccccc12. The largest absolute Gasteiger partial charge is 0.496 e. The molecule has 1 heterocycles. The van der Waals surface area contributed by atoms with Crippen LogP contribution in [0.25, 0.3) is 21.5 Å². The Hall–Kier alpha value is -2.29. The molecule has 1 aromatic heterocycles. The number of H-pyrrole nitrogens is 1. The van der Waals surface area contributed by atoms with Gasteiger partial charge in [-0.2, -0.15) is 0 Å². The second-order valence-electron chi connectivity index (χ2n) is 3.89. The highest BCUT2D eigenvalue weighted by molar-refractivity contribution is 6.09. The second-order valence-corrected chi connectivity index (χ2v) is 3.89. The molecule has 0 unspecified atom stereocenters. The average molecular weight is 225 g/mol. The molecular weight excluding hydrogens is 214 g/mol. The van der Waals surface area contributed by atoms with Gasteiger partial charge in [-0.05, 0) is 22.9 Å². The summed E-state index contributed by atoms with van der Waals surface area (Å²) in [5.74, 6) is 0.727. The minimum Gasteiger partial charge on any atom is -0.496 e. The van der Waals surface area contributed by atoms with Crippen LogP contribution in [-0.2, 0) is 0 Å². The number of benzene rings is 2. The third-order valence-corrected chi connectivity index (χ3v) is 2.98. The van der Waals surface area contributed by atoms with Gasteiger partial charge >= 0.3 is 0 Å². The molecule has 84 valence electrons. The summed E-state index contributed by atoms with van der Waals surface area (Å²) in [5, 5.41) is 3.66. The van der Waals surface area contributed by atoms with Crippen LogP contribution in [-0.4, -0.2) is 12.1 Å². The predicted octanol–water partition coefficient (Wildman–Crippen LogP) is 2.69. The zero-order chi connectivity index (χ0) is 11.8. The van der Waals surface area contributed by atoms with Crippen molar-refractivity contribution in [2.24, 2.45) is 0 Å². The van der Waals surface area contributed by atoms with Gasteiger partial charge in [0.1, 0.15) is 5.75 Å². The maximum Gasteiger partial charge on any atom is 0.255 e. The monoisotopic (exact) mass is 225 g/mol. The Labute approximate surface area is 97.7 Å². The molecule has 3 nitrogen and oxygen atoms in total. The lowest BCUT2D eigenvalue weighted by atomic mass is 10.0. The van der Waals surface area contributed by atoms with Crippen molar-refractivity contribution in [1.82, 2.24) is 4.98 Å². The Bertz CT molecular complexity index is 759. The Morgan fingerprint density at radius 1 is 1.00 bits per heavy atom. The quantitative estimate of drug-likeness (QED) is 0.647. The normalized spacial score (nSPS) is 10.9. The Balaban J connectivity index is 2.64. The lowest BCUT2D eigenvalue weighted by Gasteiger charge is -2.08. The van der Waals surface area contributed by atoms with Gasteiger partial charge in [-0.15, -0.1) is 0 Å². The van der Waals surface area contributed by atoms with E-state index >= 15 is 0 Å². The van der Waals surface area contributed by atoms with Crippen molar-refractivity contribution in [3.05, 3.63) is 52.9 Å². The molecular formula is C14H11NO2. The highest BCUT2D eigenvalue weighted by atomic mass is 16.5. The number of ether oxygens (including phenoxy) is 1. The van der Waals surface area contributed by atoms with Gasteiger partial charge in [0.05, 0.1) is 12.5 Å². The van der Waals surface area contributed by atoms with Gasteiger partial charge in [0.25, 0.3) is 5.56 Å². The molecule has 0 radical (unpaired) electrons. The third kappa shape index (κ3) is 1.40. The first-order valence-electron chi connectivity index (χ1n) is 5.38. The van der Waals surface area contributed by atoms with E-state index in [2.05, 4.69) is 4.98 Å². The summed E-state index contributed by atoms with van der Waals surface area (Å²) in [4.78, 5) is 14.5. The molecule has 2 aromatic carbocycles. The van der Waals surface area contributed by atoms with Crippen LogP contribution in [0.2, 0.25) is 0 Å². The summed E-state index contributed by atoms with van der Waals surface area (Å²) in [7, 11) is 1.62. The molecule has 3 heteroatoms. The van der Waals surface area contributed by atoms with Crippen molar-refractivity contribution in [3.8, 4) is 5.75 Å². The van der Waals surface area contributed by atoms with Gasteiger partial charge in [-0.3, -0.25) is 4.79 Å². The number of nitrogens with one attached hydrogen (secondary N) is 1. The zero-order valence-electron chi connectivity index (χ0n) is 9.36. The average Bonchev–Trinajstić information content (AvgIpc) is 2.38. The lowest BCUT2D eigenvalue weighted by Crippen LogP contribution is -2.04. The topological polar surface area (TPSA) is 42.1 Å². The van der Waals surface area contributed by atoms with Crippen molar-refractivity contribution in [3.63, 3.8) is 0 Å². The van der Waals surface area contributed by atoms with Gasteiger partial charge < -0.3 is 9.72 Å². The number of aromatic amines is 1. The summed E-state index contributed by atoms with van der Waals surface area (Å²) in [6, 6.07) is 11.6. The molecule has 0 saturated heterocycles. The van der Waals surface area contributed by atoms with Crippen LogP contribution in [0, 0.1) is 0 Å². The molecule has 0 amide bonds. The van der Waals surface area contributed by atoms with Gasteiger partial charge in [-0.1, -0.05) is 24.3 Å². The predicted molar refractivity (Wildman–Crippen MR) is 68.6 cm³/mol. The summed E-state index contributed by atoms with van der Waals surface area (Å²) in [6.07, 6.45) is 1.67. The summed E-state index contributed by atoms with van der Waals surface area (Å²) in [5.41, 5.74) is -0.0912. The standard InChI is InChI=1S/C14H11NO2/c1-17-13-8-12-10(6-7-15-14(12)16)9-4-2-3-5-11(9)13/h2-8H,1H3,(H,15,16). The van der Waals surface area contributed by atoms with E-state index in [0.29, 0.717) is 5.39 Å². The second kappa shape index (κ2) is 3.63. The fourth-order valence-electron chi connectivity index (χ4n) is 2.18.